The average Bonchev–Trinajstić information content (AvgIpc) is 3.47. The largest absolute Gasteiger partial charge is 0.364 e. The van der Waals surface area contributed by atoms with Crippen molar-refractivity contribution in [3.8, 4) is 11.3 Å². The summed E-state index contributed by atoms with van der Waals surface area (Å²) in [5.41, 5.74) is 4.97. The molecular weight excluding hydrogens is 444 g/mol. The van der Waals surface area contributed by atoms with Crippen LogP contribution in [-0.4, -0.2) is 27.3 Å². The van der Waals surface area contributed by atoms with Crippen LogP contribution < -0.4 is 5.32 Å². The molecule has 0 atom stereocenters. The van der Waals surface area contributed by atoms with Gasteiger partial charge in [-0.3, -0.25) is 9.48 Å². The van der Waals surface area contributed by atoms with E-state index < -0.39 is 0 Å². The third kappa shape index (κ3) is 5.39. The van der Waals surface area contributed by atoms with Gasteiger partial charge in [0.15, 0.2) is 0 Å². The van der Waals surface area contributed by atoms with E-state index in [0.29, 0.717) is 19.7 Å². The summed E-state index contributed by atoms with van der Waals surface area (Å²) in [6, 6.07) is 28.2. The van der Waals surface area contributed by atoms with E-state index in [1.54, 1.807) is 11.3 Å². The summed E-state index contributed by atoms with van der Waals surface area (Å²) in [6.45, 7) is 1.34. The summed E-state index contributed by atoms with van der Waals surface area (Å²) >= 11 is 1.58. The topological polar surface area (TPSA) is 69.0 Å². The van der Waals surface area contributed by atoms with Crippen LogP contribution in [0.4, 0.5) is 0 Å². The van der Waals surface area contributed by atoms with Crippen LogP contribution in [0.1, 0.15) is 16.1 Å². The van der Waals surface area contributed by atoms with Crippen molar-refractivity contribution < 1.29 is 9.53 Å². The SMILES string of the molecule is O=C(COCc1nc2ccccc2s1)NCc1cn(Cc2ccccc2)nc1-c1ccccc1. The minimum absolute atomic E-state index is 0.0191. The zero-order chi connectivity index (χ0) is 23.2. The van der Waals surface area contributed by atoms with Crippen LogP contribution in [0.25, 0.3) is 21.5 Å². The lowest BCUT2D eigenvalue weighted by Gasteiger charge is -2.06. The summed E-state index contributed by atoms with van der Waals surface area (Å²) in [5, 5.41) is 8.63. The van der Waals surface area contributed by atoms with Crippen molar-refractivity contribution in [2.24, 2.45) is 0 Å². The first-order valence-electron chi connectivity index (χ1n) is 11.1. The third-order valence-electron chi connectivity index (χ3n) is 5.34. The Morgan fingerprint density at radius 2 is 1.68 bits per heavy atom. The van der Waals surface area contributed by atoms with Crippen molar-refractivity contribution in [3.05, 3.63) is 107 Å². The molecular formula is C27H24N4O2S. The van der Waals surface area contributed by atoms with Crippen LogP contribution in [0.2, 0.25) is 0 Å². The number of benzene rings is 3. The quantitative estimate of drug-likeness (QED) is 0.329. The lowest BCUT2D eigenvalue weighted by Crippen LogP contribution is -2.27. The fraction of sp³-hybridized carbons (Fsp3) is 0.148. The van der Waals surface area contributed by atoms with Crippen LogP contribution in [-0.2, 0) is 29.2 Å². The molecule has 2 aromatic heterocycles. The first-order valence-corrected chi connectivity index (χ1v) is 11.9. The molecule has 0 saturated heterocycles. The van der Waals surface area contributed by atoms with E-state index in [2.05, 4.69) is 22.4 Å². The zero-order valence-corrected chi connectivity index (χ0v) is 19.4. The number of nitrogens with one attached hydrogen (secondary N) is 1. The highest BCUT2D eigenvalue weighted by Gasteiger charge is 2.13. The highest BCUT2D eigenvalue weighted by Crippen LogP contribution is 2.23. The van der Waals surface area contributed by atoms with Gasteiger partial charge >= 0.3 is 0 Å². The van der Waals surface area contributed by atoms with Crippen LogP contribution >= 0.6 is 11.3 Å². The Morgan fingerprint density at radius 1 is 0.941 bits per heavy atom. The Bertz CT molecular complexity index is 1350. The van der Waals surface area contributed by atoms with E-state index in [1.807, 2.05) is 83.7 Å². The molecule has 0 aliphatic rings. The highest BCUT2D eigenvalue weighted by atomic mass is 32.1. The van der Waals surface area contributed by atoms with Crippen LogP contribution in [0, 0.1) is 0 Å². The molecule has 5 aromatic rings. The van der Waals surface area contributed by atoms with E-state index in [1.165, 1.54) is 5.56 Å². The van der Waals surface area contributed by atoms with Crippen molar-refractivity contribution >= 4 is 27.5 Å². The van der Waals surface area contributed by atoms with Crippen molar-refractivity contribution in [3.63, 3.8) is 0 Å². The fourth-order valence-corrected chi connectivity index (χ4v) is 4.65. The lowest BCUT2D eigenvalue weighted by atomic mass is 10.1. The van der Waals surface area contributed by atoms with Gasteiger partial charge in [-0.05, 0) is 17.7 Å². The number of amides is 1. The molecule has 2 heterocycles. The van der Waals surface area contributed by atoms with E-state index in [0.717, 1.165) is 32.0 Å². The van der Waals surface area contributed by atoms with E-state index >= 15 is 0 Å². The first-order chi connectivity index (χ1) is 16.7. The Hall–Kier alpha value is -3.81. The van der Waals surface area contributed by atoms with Gasteiger partial charge in [0.25, 0.3) is 0 Å². The maximum atomic E-state index is 12.4. The summed E-state index contributed by atoms with van der Waals surface area (Å²) in [6.07, 6.45) is 2.00. The predicted molar refractivity (Wildman–Crippen MR) is 134 cm³/mol. The average molecular weight is 469 g/mol. The number of ether oxygens (including phenoxy) is 1. The van der Waals surface area contributed by atoms with E-state index in [9.17, 15) is 4.79 Å². The Balaban J connectivity index is 1.21. The molecule has 1 N–H and O–H groups in total. The maximum absolute atomic E-state index is 12.4. The van der Waals surface area contributed by atoms with Gasteiger partial charge in [0, 0.05) is 23.9 Å². The molecule has 0 bridgehead atoms. The number of carbonyl (C=O) groups is 1. The molecule has 5 rings (SSSR count). The van der Waals surface area contributed by atoms with Gasteiger partial charge in [0.05, 0.1) is 29.1 Å². The van der Waals surface area contributed by atoms with Crippen molar-refractivity contribution in [2.45, 2.75) is 19.7 Å². The predicted octanol–water partition coefficient (Wildman–Crippen LogP) is 5.04. The van der Waals surface area contributed by atoms with Gasteiger partial charge < -0.3 is 10.1 Å². The molecule has 0 spiro atoms. The maximum Gasteiger partial charge on any atom is 0.246 e. The Kier molecular flexibility index (Phi) is 6.74. The number of hydrogen-bond acceptors (Lipinski definition) is 5. The van der Waals surface area contributed by atoms with Gasteiger partial charge in [-0.2, -0.15) is 5.10 Å². The van der Waals surface area contributed by atoms with Crippen molar-refractivity contribution in [2.75, 3.05) is 6.61 Å². The summed E-state index contributed by atoms with van der Waals surface area (Å²) in [5.74, 6) is -0.170. The normalized spacial score (nSPS) is 11.1. The summed E-state index contributed by atoms with van der Waals surface area (Å²) < 4.78 is 8.65. The molecule has 0 unspecified atom stereocenters. The van der Waals surface area contributed by atoms with Gasteiger partial charge in [-0.1, -0.05) is 72.8 Å². The third-order valence-corrected chi connectivity index (χ3v) is 6.35. The summed E-state index contributed by atoms with van der Waals surface area (Å²) in [7, 11) is 0. The van der Waals surface area contributed by atoms with Crippen LogP contribution in [0.5, 0.6) is 0 Å². The van der Waals surface area contributed by atoms with Crippen molar-refractivity contribution in [1.29, 1.82) is 0 Å². The minimum Gasteiger partial charge on any atom is -0.364 e. The molecule has 0 fully saturated rings. The second-order valence-corrected chi connectivity index (χ2v) is 9.01. The Morgan fingerprint density at radius 3 is 2.47 bits per heavy atom. The number of fused-ring (bicyclic) bond motifs is 1. The van der Waals surface area contributed by atoms with Gasteiger partial charge in [0.1, 0.15) is 11.6 Å². The molecule has 7 heteroatoms. The molecule has 0 aliphatic heterocycles. The van der Waals surface area contributed by atoms with E-state index in [4.69, 9.17) is 9.84 Å². The highest BCUT2D eigenvalue weighted by molar-refractivity contribution is 7.18. The molecule has 6 nitrogen and oxygen atoms in total. The molecule has 34 heavy (non-hydrogen) atoms. The second kappa shape index (κ2) is 10.4. The fourth-order valence-electron chi connectivity index (χ4n) is 3.74. The number of thiazole rings is 1. The molecule has 170 valence electrons. The number of para-hydroxylation sites is 1. The summed E-state index contributed by atoms with van der Waals surface area (Å²) in [4.78, 5) is 17.0. The molecule has 1 amide bonds. The molecule has 0 saturated carbocycles. The number of nitrogens with zero attached hydrogens (tertiary/aromatic N) is 3. The van der Waals surface area contributed by atoms with Gasteiger partial charge in [-0.25, -0.2) is 4.98 Å². The first kappa shape index (κ1) is 22.0. The number of aromatic nitrogens is 3. The monoisotopic (exact) mass is 468 g/mol. The minimum atomic E-state index is -0.170. The van der Waals surface area contributed by atoms with Crippen LogP contribution in [0.15, 0.2) is 91.1 Å². The number of rotatable bonds is 9. The molecule has 0 aliphatic carbocycles. The molecule has 0 radical (unpaired) electrons. The number of carbonyl (C=O) groups excluding carboxylic acids is 1. The van der Waals surface area contributed by atoms with Crippen LogP contribution in [0.3, 0.4) is 0 Å². The van der Waals surface area contributed by atoms with Crippen molar-refractivity contribution in [1.82, 2.24) is 20.1 Å². The standard InChI is InChI=1S/C27H24N4O2S/c32-25(18-33-19-26-29-23-13-7-8-14-24(23)34-26)28-15-22-17-31(16-20-9-3-1-4-10-20)30-27(22)21-11-5-2-6-12-21/h1-14,17H,15-16,18-19H2,(H,28,32). The lowest BCUT2D eigenvalue weighted by molar-refractivity contribution is -0.126. The molecule has 3 aromatic carbocycles. The van der Waals surface area contributed by atoms with Gasteiger partial charge in [-0.15, -0.1) is 11.3 Å². The smallest absolute Gasteiger partial charge is 0.246 e. The Labute approximate surface area is 201 Å². The van der Waals surface area contributed by atoms with E-state index in [-0.39, 0.29) is 12.5 Å². The van der Waals surface area contributed by atoms with Gasteiger partial charge in [0.2, 0.25) is 5.91 Å². The second-order valence-electron chi connectivity index (χ2n) is 7.90. The zero-order valence-electron chi connectivity index (χ0n) is 18.6. The number of hydrogen-bond donors (Lipinski definition) is 1.